The molecule has 0 bridgehead atoms. The molecule has 0 N–H and O–H groups in total. The fraction of sp³-hybridized carbons (Fsp3) is 0. The molecule has 0 saturated heterocycles. The minimum Gasteiger partial charge on any atom is -0.0616 e. The van der Waals surface area contributed by atoms with Gasteiger partial charge in [-0.1, -0.05) is 91.0 Å². The summed E-state index contributed by atoms with van der Waals surface area (Å²) >= 11 is 0. The van der Waals surface area contributed by atoms with Gasteiger partial charge in [0.2, 0.25) is 0 Å². The maximum atomic E-state index is 2.35. The Balaban J connectivity index is 1.66. The van der Waals surface area contributed by atoms with Crippen LogP contribution in [0.1, 0.15) is 0 Å². The minimum absolute atomic E-state index is 1.27. The molecule has 0 radical (unpaired) electrons. The van der Waals surface area contributed by atoms with E-state index in [1.807, 2.05) is 0 Å². The average molecular weight is 354 g/mol. The zero-order valence-corrected chi connectivity index (χ0v) is 15.4. The highest BCUT2D eigenvalue weighted by Gasteiger charge is 2.08. The van der Waals surface area contributed by atoms with Gasteiger partial charge in [-0.25, -0.2) is 0 Å². The molecule has 0 aliphatic heterocycles. The van der Waals surface area contributed by atoms with Crippen molar-refractivity contribution in [2.45, 2.75) is 0 Å². The summed E-state index contributed by atoms with van der Waals surface area (Å²) in [6.07, 6.45) is 0. The van der Waals surface area contributed by atoms with Gasteiger partial charge < -0.3 is 0 Å². The fourth-order valence-electron chi connectivity index (χ4n) is 4.39. The molecule has 0 atom stereocenters. The predicted molar refractivity (Wildman–Crippen MR) is 122 cm³/mol. The first-order valence-corrected chi connectivity index (χ1v) is 9.70. The Labute approximate surface area is 163 Å². The van der Waals surface area contributed by atoms with Crippen molar-refractivity contribution in [1.82, 2.24) is 0 Å². The molecular formula is C28H18. The van der Waals surface area contributed by atoms with Crippen molar-refractivity contribution in [2.24, 2.45) is 0 Å². The van der Waals surface area contributed by atoms with Crippen LogP contribution in [0.3, 0.4) is 0 Å². The molecule has 6 rings (SSSR count). The van der Waals surface area contributed by atoms with Crippen molar-refractivity contribution >= 4 is 43.1 Å². The molecule has 0 heteroatoms. The van der Waals surface area contributed by atoms with Gasteiger partial charge in [0.05, 0.1) is 0 Å². The molecule has 0 unspecified atom stereocenters. The normalized spacial score (nSPS) is 11.6. The van der Waals surface area contributed by atoms with E-state index < -0.39 is 0 Å². The smallest absolute Gasteiger partial charge is 0.00990 e. The first-order chi connectivity index (χ1) is 13.9. The number of fused-ring (bicyclic) bond motifs is 5. The van der Waals surface area contributed by atoms with E-state index in [4.69, 9.17) is 0 Å². The number of rotatable bonds is 1. The van der Waals surface area contributed by atoms with E-state index in [1.54, 1.807) is 0 Å². The van der Waals surface area contributed by atoms with Crippen LogP contribution in [0.15, 0.2) is 109 Å². The second kappa shape index (κ2) is 5.94. The van der Waals surface area contributed by atoms with E-state index in [0.29, 0.717) is 0 Å². The monoisotopic (exact) mass is 354 g/mol. The minimum atomic E-state index is 1.27. The third-order valence-corrected chi connectivity index (χ3v) is 5.80. The van der Waals surface area contributed by atoms with Gasteiger partial charge in [-0.2, -0.15) is 0 Å². The zero-order valence-electron chi connectivity index (χ0n) is 15.4. The van der Waals surface area contributed by atoms with Crippen LogP contribution in [0.5, 0.6) is 0 Å². The largest absolute Gasteiger partial charge is 0.0616 e. The molecule has 0 nitrogen and oxygen atoms in total. The summed E-state index contributed by atoms with van der Waals surface area (Å²) in [5.41, 5.74) is 2.56. The van der Waals surface area contributed by atoms with Crippen LogP contribution in [-0.2, 0) is 0 Å². The summed E-state index contributed by atoms with van der Waals surface area (Å²) in [5.74, 6) is 0. The molecule has 0 aromatic heterocycles. The number of benzene rings is 6. The van der Waals surface area contributed by atoms with E-state index in [1.165, 1.54) is 54.2 Å². The van der Waals surface area contributed by atoms with Gasteiger partial charge in [-0.05, 0) is 72.4 Å². The molecule has 0 amide bonds. The molecule has 0 aliphatic rings. The lowest BCUT2D eigenvalue weighted by atomic mass is 9.93. The van der Waals surface area contributed by atoms with Crippen LogP contribution in [0.25, 0.3) is 54.2 Å². The Hall–Kier alpha value is -3.64. The van der Waals surface area contributed by atoms with Crippen LogP contribution in [-0.4, -0.2) is 0 Å². The molecule has 6 aromatic carbocycles. The molecule has 0 saturated carbocycles. The Kier molecular flexibility index (Phi) is 3.27. The summed E-state index contributed by atoms with van der Waals surface area (Å²) in [6.45, 7) is 0. The highest BCUT2D eigenvalue weighted by atomic mass is 14.1. The highest BCUT2D eigenvalue weighted by molar-refractivity contribution is 6.14. The lowest BCUT2D eigenvalue weighted by Crippen LogP contribution is -1.84. The van der Waals surface area contributed by atoms with Crippen LogP contribution < -0.4 is 0 Å². The Morgan fingerprint density at radius 1 is 0.321 bits per heavy atom. The summed E-state index contributed by atoms with van der Waals surface area (Å²) in [6, 6.07) is 39.7. The summed E-state index contributed by atoms with van der Waals surface area (Å²) < 4.78 is 0. The van der Waals surface area contributed by atoms with E-state index in [0.717, 1.165) is 0 Å². The molecular weight excluding hydrogens is 336 g/mol. The molecule has 0 aliphatic carbocycles. The van der Waals surface area contributed by atoms with Crippen molar-refractivity contribution in [3.8, 4) is 11.1 Å². The Morgan fingerprint density at radius 2 is 0.964 bits per heavy atom. The van der Waals surface area contributed by atoms with Gasteiger partial charge in [0, 0.05) is 0 Å². The van der Waals surface area contributed by atoms with E-state index in [9.17, 15) is 0 Å². The van der Waals surface area contributed by atoms with Crippen molar-refractivity contribution in [3.63, 3.8) is 0 Å². The van der Waals surface area contributed by atoms with Gasteiger partial charge in [0.25, 0.3) is 0 Å². The second-order valence-corrected chi connectivity index (χ2v) is 7.45. The topological polar surface area (TPSA) is 0 Å². The van der Waals surface area contributed by atoms with Crippen molar-refractivity contribution < 1.29 is 0 Å². The van der Waals surface area contributed by atoms with Crippen molar-refractivity contribution in [1.29, 1.82) is 0 Å². The third-order valence-electron chi connectivity index (χ3n) is 5.80. The highest BCUT2D eigenvalue weighted by Crippen LogP contribution is 2.35. The lowest BCUT2D eigenvalue weighted by Gasteiger charge is -2.11. The molecule has 0 spiro atoms. The summed E-state index contributed by atoms with van der Waals surface area (Å²) in [5, 5.41) is 10.4. The number of hydrogen-bond donors (Lipinski definition) is 0. The molecule has 130 valence electrons. The second-order valence-electron chi connectivity index (χ2n) is 7.45. The third kappa shape index (κ3) is 2.32. The van der Waals surface area contributed by atoms with E-state index in [2.05, 4.69) is 109 Å². The van der Waals surface area contributed by atoms with Crippen LogP contribution in [0.4, 0.5) is 0 Å². The number of hydrogen-bond acceptors (Lipinski definition) is 0. The molecule has 0 heterocycles. The summed E-state index contributed by atoms with van der Waals surface area (Å²) in [4.78, 5) is 0. The SMILES string of the molecule is c1ccc2cc(-c3cccc4cc5c(ccc6ccccc65)cc34)ccc2c1. The van der Waals surface area contributed by atoms with Gasteiger partial charge in [-0.15, -0.1) is 0 Å². The Morgan fingerprint density at radius 3 is 1.89 bits per heavy atom. The van der Waals surface area contributed by atoms with E-state index >= 15 is 0 Å². The van der Waals surface area contributed by atoms with Gasteiger partial charge in [-0.3, -0.25) is 0 Å². The lowest BCUT2D eigenvalue weighted by molar-refractivity contribution is 1.69. The van der Waals surface area contributed by atoms with Crippen LogP contribution in [0.2, 0.25) is 0 Å². The van der Waals surface area contributed by atoms with Crippen LogP contribution in [0, 0.1) is 0 Å². The molecule has 28 heavy (non-hydrogen) atoms. The predicted octanol–water partition coefficient (Wildman–Crippen LogP) is 7.97. The van der Waals surface area contributed by atoms with E-state index in [-0.39, 0.29) is 0 Å². The van der Waals surface area contributed by atoms with Gasteiger partial charge in [0.15, 0.2) is 0 Å². The molecule has 6 aromatic rings. The first-order valence-electron chi connectivity index (χ1n) is 9.70. The average Bonchev–Trinajstić information content (AvgIpc) is 2.77. The van der Waals surface area contributed by atoms with Gasteiger partial charge >= 0.3 is 0 Å². The van der Waals surface area contributed by atoms with Crippen molar-refractivity contribution in [3.05, 3.63) is 109 Å². The maximum Gasteiger partial charge on any atom is -0.00990 e. The Bertz CT molecular complexity index is 1510. The fourth-order valence-corrected chi connectivity index (χ4v) is 4.39. The standard InChI is InChI=1S/C28H18/c1-2-8-21-16-23(14-12-19(21)6-1)26-11-5-9-22-17-28-24(18-27(22)26)15-13-20-7-3-4-10-25(20)28/h1-18H. The van der Waals surface area contributed by atoms with Gasteiger partial charge in [0.1, 0.15) is 0 Å². The van der Waals surface area contributed by atoms with Crippen molar-refractivity contribution in [2.75, 3.05) is 0 Å². The molecule has 0 fully saturated rings. The zero-order chi connectivity index (χ0) is 18.5. The van der Waals surface area contributed by atoms with Crippen LogP contribution >= 0.6 is 0 Å². The quantitative estimate of drug-likeness (QED) is 0.207. The first kappa shape index (κ1) is 15.4. The maximum absolute atomic E-state index is 2.35. The summed E-state index contributed by atoms with van der Waals surface area (Å²) in [7, 11) is 0.